The molecule has 0 bridgehead atoms. The lowest BCUT2D eigenvalue weighted by Gasteiger charge is -2.20. The molecule has 4 heteroatoms. The van der Waals surface area contributed by atoms with E-state index in [1.807, 2.05) is 86.0 Å². The smallest absolute Gasteiger partial charge is 0.251 e. The van der Waals surface area contributed by atoms with Gasteiger partial charge in [-0.15, -0.1) is 0 Å². The number of carbonyl (C=O) groups is 1. The molecule has 2 heterocycles. The molecule has 0 saturated heterocycles. The molecule has 1 N–H and O–H groups in total. The van der Waals surface area contributed by atoms with Crippen molar-refractivity contribution in [1.82, 2.24) is 4.98 Å². The van der Waals surface area contributed by atoms with Gasteiger partial charge in [0.15, 0.2) is 0 Å². The molecule has 0 radical (unpaired) electrons. The second-order valence-electron chi connectivity index (χ2n) is 7.34. The van der Waals surface area contributed by atoms with Gasteiger partial charge in [0.1, 0.15) is 6.04 Å². The first-order chi connectivity index (χ1) is 14.2. The Kier molecular flexibility index (Phi) is 4.24. The van der Waals surface area contributed by atoms with Crippen LogP contribution in [0.1, 0.15) is 16.7 Å². The fourth-order valence-electron chi connectivity index (χ4n) is 4.06. The minimum atomic E-state index is -0.484. The number of nitrogens with zero attached hydrogens (tertiary/aromatic N) is 2. The van der Waals surface area contributed by atoms with E-state index in [4.69, 9.17) is 4.99 Å². The number of benzodiazepines with no additional fused rings is 1. The third kappa shape index (κ3) is 3.03. The van der Waals surface area contributed by atoms with Crippen LogP contribution in [0, 0.1) is 0 Å². The molecule has 0 spiro atoms. The molecular formula is C25H21N3O. The Hall–Kier alpha value is -3.66. The topological polar surface area (TPSA) is 48.5 Å². The van der Waals surface area contributed by atoms with Gasteiger partial charge in [0.25, 0.3) is 5.91 Å². The largest absolute Gasteiger partial charge is 0.361 e. The molecule has 1 amide bonds. The molecule has 0 saturated carbocycles. The molecule has 142 valence electrons. The van der Waals surface area contributed by atoms with Gasteiger partial charge in [-0.05, 0) is 17.7 Å². The maximum Gasteiger partial charge on any atom is 0.251 e. The number of hydrogen-bond acceptors (Lipinski definition) is 2. The Morgan fingerprint density at radius 1 is 0.931 bits per heavy atom. The van der Waals surface area contributed by atoms with Crippen LogP contribution < -0.4 is 4.90 Å². The van der Waals surface area contributed by atoms with Gasteiger partial charge in [-0.3, -0.25) is 9.79 Å². The van der Waals surface area contributed by atoms with E-state index < -0.39 is 6.04 Å². The Labute approximate surface area is 169 Å². The van der Waals surface area contributed by atoms with Crippen molar-refractivity contribution < 1.29 is 4.79 Å². The van der Waals surface area contributed by atoms with Crippen molar-refractivity contribution in [2.24, 2.45) is 4.99 Å². The summed E-state index contributed by atoms with van der Waals surface area (Å²) >= 11 is 0. The average molecular weight is 379 g/mol. The van der Waals surface area contributed by atoms with Gasteiger partial charge >= 0.3 is 0 Å². The normalized spacial score (nSPS) is 16.4. The summed E-state index contributed by atoms with van der Waals surface area (Å²) in [7, 11) is 1.84. The predicted molar refractivity (Wildman–Crippen MR) is 118 cm³/mol. The summed E-state index contributed by atoms with van der Waals surface area (Å²) in [6.45, 7) is 0. The summed E-state index contributed by atoms with van der Waals surface area (Å²) in [5, 5.41) is 1.14. The highest BCUT2D eigenvalue weighted by Crippen LogP contribution is 2.29. The van der Waals surface area contributed by atoms with Crippen LogP contribution in [0.25, 0.3) is 10.9 Å². The van der Waals surface area contributed by atoms with E-state index in [1.165, 1.54) is 0 Å². The van der Waals surface area contributed by atoms with Gasteiger partial charge in [0, 0.05) is 41.7 Å². The van der Waals surface area contributed by atoms with Crippen LogP contribution in [0.5, 0.6) is 0 Å². The van der Waals surface area contributed by atoms with Crippen LogP contribution in [-0.4, -0.2) is 29.7 Å². The molecule has 1 atom stereocenters. The molecule has 0 unspecified atom stereocenters. The lowest BCUT2D eigenvalue weighted by molar-refractivity contribution is -0.119. The summed E-state index contributed by atoms with van der Waals surface area (Å²) in [5.74, 6) is 0.00802. The summed E-state index contributed by atoms with van der Waals surface area (Å²) in [6.07, 6.45) is 2.55. The minimum Gasteiger partial charge on any atom is -0.361 e. The zero-order valence-corrected chi connectivity index (χ0v) is 16.2. The lowest BCUT2D eigenvalue weighted by atomic mass is 10.0. The van der Waals surface area contributed by atoms with E-state index >= 15 is 0 Å². The SMILES string of the molecule is CN1C(=O)[C@H](Cc2c[nH]c3ccccc23)N=C(c2ccccc2)c2ccccc21. The second-order valence-corrected chi connectivity index (χ2v) is 7.34. The zero-order valence-electron chi connectivity index (χ0n) is 16.2. The predicted octanol–water partition coefficient (Wildman–Crippen LogP) is 4.59. The molecule has 0 aliphatic carbocycles. The van der Waals surface area contributed by atoms with Crippen molar-refractivity contribution in [1.29, 1.82) is 0 Å². The maximum atomic E-state index is 13.4. The first-order valence-corrected chi connectivity index (χ1v) is 9.77. The van der Waals surface area contributed by atoms with Gasteiger partial charge in [0.2, 0.25) is 0 Å². The molecule has 1 aliphatic rings. The van der Waals surface area contributed by atoms with Gasteiger partial charge in [-0.1, -0.05) is 66.7 Å². The van der Waals surface area contributed by atoms with Crippen LogP contribution in [0.3, 0.4) is 0 Å². The maximum absolute atomic E-state index is 13.4. The van der Waals surface area contributed by atoms with Gasteiger partial charge in [-0.25, -0.2) is 0 Å². The number of aromatic nitrogens is 1. The quantitative estimate of drug-likeness (QED) is 0.556. The number of likely N-dealkylation sites (N-methyl/N-ethyl adjacent to an activating group) is 1. The molecule has 5 rings (SSSR count). The average Bonchev–Trinajstić information content (AvgIpc) is 3.15. The van der Waals surface area contributed by atoms with E-state index in [2.05, 4.69) is 11.1 Å². The number of H-pyrrole nitrogens is 1. The highest BCUT2D eigenvalue weighted by molar-refractivity contribution is 6.20. The van der Waals surface area contributed by atoms with Crippen molar-refractivity contribution in [3.8, 4) is 0 Å². The van der Waals surface area contributed by atoms with Crippen LogP contribution in [-0.2, 0) is 11.2 Å². The molecule has 4 nitrogen and oxygen atoms in total. The molecule has 1 aliphatic heterocycles. The number of amides is 1. The number of nitrogens with one attached hydrogen (secondary N) is 1. The number of para-hydroxylation sites is 2. The Morgan fingerprint density at radius 2 is 1.66 bits per heavy atom. The number of aromatic amines is 1. The van der Waals surface area contributed by atoms with E-state index in [-0.39, 0.29) is 5.91 Å². The number of carbonyl (C=O) groups excluding carboxylic acids is 1. The van der Waals surface area contributed by atoms with E-state index in [9.17, 15) is 4.79 Å². The number of aliphatic imine (C=N–C) groups is 1. The molecule has 29 heavy (non-hydrogen) atoms. The highest BCUT2D eigenvalue weighted by Gasteiger charge is 2.30. The highest BCUT2D eigenvalue weighted by atomic mass is 16.2. The Balaban J connectivity index is 1.64. The molecule has 4 aromatic rings. The standard InChI is InChI=1S/C25H21N3O/c1-28-23-14-8-6-12-20(23)24(17-9-3-2-4-10-17)27-22(25(28)29)15-18-16-26-21-13-7-5-11-19(18)21/h2-14,16,22,26H,15H2,1H3/t22-/m0/s1. The molecule has 1 aromatic heterocycles. The Bertz CT molecular complexity index is 1220. The first kappa shape index (κ1) is 17.4. The molecule has 3 aromatic carbocycles. The lowest BCUT2D eigenvalue weighted by Crippen LogP contribution is -2.35. The summed E-state index contributed by atoms with van der Waals surface area (Å²) in [5.41, 5.74) is 5.94. The van der Waals surface area contributed by atoms with Crippen LogP contribution in [0.4, 0.5) is 5.69 Å². The summed E-state index contributed by atoms with van der Waals surface area (Å²) in [4.78, 5) is 23.4. The third-order valence-corrected chi connectivity index (χ3v) is 5.56. The monoisotopic (exact) mass is 379 g/mol. The van der Waals surface area contributed by atoms with Crippen LogP contribution in [0.2, 0.25) is 0 Å². The van der Waals surface area contributed by atoms with E-state index in [0.717, 1.165) is 39.0 Å². The summed E-state index contributed by atoms with van der Waals surface area (Å²) in [6, 6.07) is 25.8. The van der Waals surface area contributed by atoms with Crippen molar-refractivity contribution in [3.63, 3.8) is 0 Å². The van der Waals surface area contributed by atoms with E-state index in [1.54, 1.807) is 4.90 Å². The fraction of sp³-hybridized carbons (Fsp3) is 0.120. The third-order valence-electron chi connectivity index (χ3n) is 5.56. The number of rotatable bonds is 3. The van der Waals surface area contributed by atoms with Crippen molar-refractivity contribution in [3.05, 3.63) is 102 Å². The van der Waals surface area contributed by atoms with Crippen molar-refractivity contribution in [2.75, 3.05) is 11.9 Å². The number of hydrogen-bond donors (Lipinski definition) is 1. The molecular weight excluding hydrogens is 358 g/mol. The number of fused-ring (bicyclic) bond motifs is 2. The second kappa shape index (κ2) is 7.06. The van der Waals surface area contributed by atoms with Gasteiger partial charge in [0.05, 0.1) is 11.4 Å². The molecule has 0 fully saturated rings. The van der Waals surface area contributed by atoms with Gasteiger partial charge < -0.3 is 9.88 Å². The zero-order chi connectivity index (χ0) is 19.8. The van der Waals surface area contributed by atoms with Gasteiger partial charge in [-0.2, -0.15) is 0 Å². The van der Waals surface area contributed by atoms with Crippen molar-refractivity contribution >= 4 is 28.2 Å². The number of anilines is 1. The van der Waals surface area contributed by atoms with E-state index in [0.29, 0.717) is 6.42 Å². The summed E-state index contributed by atoms with van der Waals surface area (Å²) < 4.78 is 0. The minimum absolute atomic E-state index is 0.00802. The van der Waals surface area contributed by atoms with Crippen LogP contribution in [0.15, 0.2) is 90.1 Å². The number of benzene rings is 3. The van der Waals surface area contributed by atoms with Crippen LogP contribution >= 0.6 is 0 Å². The first-order valence-electron chi connectivity index (χ1n) is 9.77. The van der Waals surface area contributed by atoms with Crippen molar-refractivity contribution in [2.45, 2.75) is 12.5 Å². The Morgan fingerprint density at radius 3 is 2.52 bits per heavy atom. The fourth-order valence-corrected chi connectivity index (χ4v) is 4.06.